The molecular weight excluding hydrogens is 271 g/mol. The van der Waals surface area contributed by atoms with Crippen LogP contribution in [0.5, 0.6) is 0 Å². The number of hydrogen-bond acceptors (Lipinski definition) is 3. The molecule has 0 radical (unpaired) electrons. The largest absolute Gasteiger partial charge is 0.306 e. The number of hydrogen-bond donors (Lipinski definition) is 0. The molecule has 4 nitrogen and oxygen atoms in total. The highest BCUT2D eigenvalue weighted by atomic mass is 79.9. The average molecular weight is 278 g/mol. The maximum atomic E-state index is 10.5. The standard InChI is InChI=1S/C8H6BrClN2O2/c9-3-1-2-6-4-11-5-7(8(6)10)12(13)14/h1-2,4-5H,3H2. The zero-order chi connectivity index (χ0) is 10.6. The van der Waals surface area contributed by atoms with Crippen LogP contribution in [0.1, 0.15) is 5.56 Å². The van der Waals surface area contributed by atoms with Crippen molar-refractivity contribution in [2.45, 2.75) is 0 Å². The second-order valence-corrected chi connectivity index (χ2v) is 3.40. The van der Waals surface area contributed by atoms with Gasteiger partial charge in [-0.1, -0.05) is 39.7 Å². The normalized spacial score (nSPS) is 10.7. The molecule has 0 fully saturated rings. The number of rotatable bonds is 3. The summed E-state index contributed by atoms with van der Waals surface area (Å²) in [7, 11) is 0. The van der Waals surface area contributed by atoms with Gasteiger partial charge in [-0.25, -0.2) is 0 Å². The van der Waals surface area contributed by atoms with E-state index in [9.17, 15) is 10.1 Å². The molecule has 14 heavy (non-hydrogen) atoms. The molecule has 0 unspecified atom stereocenters. The summed E-state index contributed by atoms with van der Waals surface area (Å²) in [6, 6.07) is 0. The summed E-state index contributed by atoms with van der Waals surface area (Å²) in [5, 5.41) is 11.3. The lowest BCUT2D eigenvalue weighted by Crippen LogP contribution is -1.92. The van der Waals surface area contributed by atoms with Gasteiger partial charge in [0.15, 0.2) is 0 Å². The molecule has 0 N–H and O–H groups in total. The van der Waals surface area contributed by atoms with E-state index < -0.39 is 4.92 Å². The van der Waals surface area contributed by atoms with E-state index in [0.717, 1.165) is 6.20 Å². The topological polar surface area (TPSA) is 56.0 Å². The maximum absolute atomic E-state index is 10.5. The molecule has 0 spiro atoms. The van der Waals surface area contributed by atoms with E-state index >= 15 is 0 Å². The van der Waals surface area contributed by atoms with Gasteiger partial charge in [-0.05, 0) is 0 Å². The predicted octanol–water partition coefficient (Wildman–Crippen LogP) is 3.05. The van der Waals surface area contributed by atoms with Gasteiger partial charge >= 0.3 is 5.69 Å². The van der Waals surface area contributed by atoms with Crippen LogP contribution in [0.15, 0.2) is 18.5 Å². The van der Waals surface area contributed by atoms with E-state index in [1.54, 1.807) is 12.2 Å². The van der Waals surface area contributed by atoms with Crippen molar-refractivity contribution in [2.75, 3.05) is 5.33 Å². The monoisotopic (exact) mass is 276 g/mol. The van der Waals surface area contributed by atoms with Crippen LogP contribution in [-0.2, 0) is 0 Å². The predicted molar refractivity (Wildman–Crippen MR) is 58.7 cm³/mol. The fourth-order valence-electron chi connectivity index (χ4n) is 0.864. The lowest BCUT2D eigenvalue weighted by molar-refractivity contribution is -0.385. The summed E-state index contributed by atoms with van der Waals surface area (Å²) >= 11 is 8.99. The van der Waals surface area contributed by atoms with Crippen LogP contribution in [0.25, 0.3) is 6.08 Å². The molecule has 1 aromatic heterocycles. The van der Waals surface area contributed by atoms with Crippen LogP contribution in [0.2, 0.25) is 5.02 Å². The minimum absolute atomic E-state index is 0.113. The number of nitrogens with zero attached hydrogens (tertiary/aromatic N) is 2. The van der Waals surface area contributed by atoms with Gasteiger partial charge in [-0.3, -0.25) is 15.1 Å². The van der Waals surface area contributed by atoms with Crippen molar-refractivity contribution in [1.29, 1.82) is 0 Å². The van der Waals surface area contributed by atoms with E-state index in [1.807, 2.05) is 0 Å². The second-order valence-electron chi connectivity index (χ2n) is 2.38. The summed E-state index contributed by atoms with van der Waals surface area (Å²) < 4.78 is 0. The first-order valence-corrected chi connectivity index (χ1v) is 5.17. The summed E-state index contributed by atoms with van der Waals surface area (Å²) in [5.41, 5.74) is 0.365. The summed E-state index contributed by atoms with van der Waals surface area (Å²) in [6.45, 7) is 0. The minimum atomic E-state index is -0.555. The number of pyridine rings is 1. The molecular formula is C8H6BrClN2O2. The number of alkyl halides is 1. The summed E-state index contributed by atoms with van der Waals surface area (Å²) in [4.78, 5) is 13.7. The number of allylic oxidation sites excluding steroid dienone is 1. The van der Waals surface area contributed by atoms with Gasteiger partial charge in [0, 0.05) is 17.1 Å². The first-order valence-electron chi connectivity index (χ1n) is 3.67. The van der Waals surface area contributed by atoms with E-state index in [0.29, 0.717) is 10.9 Å². The number of aromatic nitrogens is 1. The third-order valence-corrected chi connectivity index (χ3v) is 2.26. The molecule has 1 aromatic rings. The van der Waals surface area contributed by atoms with Crippen molar-refractivity contribution in [3.05, 3.63) is 39.2 Å². The third-order valence-electron chi connectivity index (χ3n) is 1.47. The Kier molecular flexibility index (Phi) is 4.03. The smallest absolute Gasteiger partial charge is 0.258 e. The Morgan fingerprint density at radius 3 is 2.93 bits per heavy atom. The molecule has 1 heterocycles. The quantitative estimate of drug-likeness (QED) is 0.485. The number of halogens is 2. The highest BCUT2D eigenvalue weighted by molar-refractivity contribution is 9.09. The van der Waals surface area contributed by atoms with Crippen LogP contribution in [0, 0.1) is 10.1 Å². The lowest BCUT2D eigenvalue weighted by Gasteiger charge is -1.97. The minimum Gasteiger partial charge on any atom is -0.258 e. The molecule has 0 aliphatic carbocycles. The molecule has 0 saturated heterocycles. The Bertz CT molecular complexity index is 382. The van der Waals surface area contributed by atoms with Crippen molar-refractivity contribution in [1.82, 2.24) is 4.98 Å². The molecule has 0 aromatic carbocycles. The van der Waals surface area contributed by atoms with Gasteiger partial charge in [0.25, 0.3) is 0 Å². The highest BCUT2D eigenvalue weighted by Gasteiger charge is 2.14. The molecule has 0 amide bonds. The Hall–Kier alpha value is -0.940. The zero-order valence-corrected chi connectivity index (χ0v) is 9.33. The van der Waals surface area contributed by atoms with Crippen molar-refractivity contribution in [3.8, 4) is 0 Å². The fraction of sp³-hybridized carbons (Fsp3) is 0.125. The molecule has 0 saturated carbocycles. The van der Waals surface area contributed by atoms with Gasteiger partial charge < -0.3 is 0 Å². The fourth-order valence-corrected chi connectivity index (χ4v) is 1.28. The van der Waals surface area contributed by atoms with Crippen molar-refractivity contribution in [2.24, 2.45) is 0 Å². The zero-order valence-electron chi connectivity index (χ0n) is 6.98. The van der Waals surface area contributed by atoms with E-state index in [2.05, 4.69) is 20.9 Å². The first kappa shape index (κ1) is 11.1. The van der Waals surface area contributed by atoms with Crippen LogP contribution >= 0.6 is 27.5 Å². The molecule has 0 atom stereocenters. The van der Waals surface area contributed by atoms with Crippen LogP contribution in [0.3, 0.4) is 0 Å². The molecule has 1 rings (SSSR count). The van der Waals surface area contributed by atoms with E-state index in [-0.39, 0.29) is 10.7 Å². The molecule has 0 bridgehead atoms. The Morgan fingerprint density at radius 1 is 1.64 bits per heavy atom. The van der Waals surface area contributed by atoms with Crippen molar-refractivity contribution >= 4 is 39.3 Å². The molecule has 0 aliphatic rings. The van der Waals surface area contributed by atoms with Gasteiger partial charge in [-0.2, -0.15) is 0 Å². The van der Waals surface area contributed by atoms with E-state index in [1.165, 1.54) is 6.20 Å². The highest BCUT2D eigenvalue weighted by Crippen LogP contribution is 2.27. The van der Waals surface area contributed by atoms with Gasteiger partial charge in [-0.15, -0.1) is 0 Å². The van der Waals surface area contributed by atoms with Crippen molar-refractivity contribution < 1.29 is 4.92 Å². The van der Waals surface area contributed by atoms with Gasteiger partial charge in [0.05, 0.1) is 4.92 Å². The van der Waals surface area contributed by atoms with E-state index in [4.69, 9.17) is 11.6 Å². The Labute approximate surface area is 93.9 Å². The number of nitro groups is 1. The Balaban J connectivity index is 3.14. The average Bonchev–Trinajstić information content (AvgIpc) is 2.16. The summed E-state index contributed by atoms with van der Waals surface area (Å²) in [5.74, 6) is 0. The SMILES string of the molecule is O=[N+]([O-])c1cncc(C=CCBr)c1Cl. The van der Waals surface area contributed by atoms with Crippen molar-refractivity contribution in [3.63, 3.8) is 0 Å². The van der Waals surface area contributed by atoms with Crippen LogP contribution in [0.4, 0.5) is 5.69 Å². The third kappa shape index (κ3) is 2.52. The van der Waals surface area contributed by atoms with Crippen LogP contribution < -0.4 is 0 Å². The van der Waals surface area contributed by atoms with Gasteiger partial charge in [0.1, 0.15) is 11.2 Å². The Morgan fingerprint density at radius 2 is 2.36 bits per heavy atom. The molecule has 6 heteroatoms. The second kappa shape index (κ2) is 5.07. The molecule has 0 aliphatic heterocycles. The lowest BCUT2D eigenvalue weighted by atomic mass is 10.2. The first-order chi connectivity index (χ1) is 6.66. The maximum Gasteiger partial charge on any atom is 0.306 e. The van der Waals surface area contributed by atoms with Gasteiger partial charge in [0.2, 0.25) is 0 Å². The summed E-state index contributed by atoms with van der Waals surface area (Å²) in [6.07, 6.45) is 6.08. The van der Waals surface area contributed by atoms with Crippen LogP contribution in [-0.4, -0.2) is 15.2 Å². The molecule has 74 valence electrons.